The van der Waals surface area contributed by atoms with E-state index in [1.807, 2.05) is 0 Å². The van der Waals surface area contributed by atoms with E-state index in [1.54, 1.807) is 7.11 Å². The summed E-state index contributed by atoms with van der Waals surface area (Å²) in [7, 11) is 1.58. The van der Waals surface area contributed by atoms with E-state index in [-0.39, 0.29) is 26.3 Å². The average Bonchev–Trinajstić information content (AvgIpc) is 2.21. The summed E-state index contributed by atoms with van der Waals surface area (Å²) < 4.78 is 46.3. The van der Waals surface area contributed by atoms with Crippen molar-refractivity contribution in [2.45, 2.75) is 12.6 Å². The Morgan fingerprint density at radius 3 is 2.35 bits per heavy atom. The Labute approximate surface area is 99.3 Å². The second-order valence-electron chi connectivity index (χ2n) is 3.57. The number of methoxy groups -OCH3 is 1. The Morgan fingerprint density at radius 1 is 1.12 bits per heavy atom. The molecule has 0 fully saturated rings. The Balaban J connectivity index is 3.63. The summed E-state index contributed by atoms with van der Waals surface area (Å²) >= 11 is 0. The molecule has 0 aromatic carbocycles. The van der Waals surface area contributed by atoms with Gasteiger partial charge in [0.1, 0.15) is 0 Å². The maximum atomic E-state index is 12.1. The average molecular weight is 259 g/mol. The van der Waals surface area contributed by atoms with E-state index in [4.69, 9.17) is 14.6 Å². The van der Waals surface area contributed by atoms with Crippen molar-refractivity contribution in [1.29, 1.82) is 0 Å². The van der Waals surface area contributed by atoms with Gasteiger partial charge < -0.3 is 14.6 Å². The predicted octanol–water partition coefficient (Wildman–Crippen LogP) is 0.896. The van der Waals surface area contributed by atoms with Crippen LogP contribution in [0.3, 0.4) is 0 Å². The first-order valence-corrected chi connectivity index (χ1v) is 5.46. The van der Waals surface area contributed by atoms with E-state index >= 15 is 0 Å². The Hall–Kier alpha value is -0.370. The number of hydrogen-bond acceptors (Lipinski definition) is 4. The van der Waals surface area contributed by atoms with Crippen LogP contribution in [0.25, 0.3) is 0 Å². The van der Waals surface area contributed by atoms with Crippen molar-refractivity contribution in [2.24, 2.45) is 0 Å². The Morgan fingerprint density at radius 2 is 1.82 bits per heavy atom. The second kappa shape index (κ2) is 9.64. The molecule has 0 aliphatic rings. The van der Waals surface area contributed by atoms with Crippen molar-refractivity contribution in [3.8, 4) is 0 Å². The number of halogens is 3. The molecule has 7 heteroatoms. The van der Waals surface area contributed by atoms with Gasteiger partial charge in [0.15, 0.2) is 0 Å². The summed E-state index contributed by atoms with van der Waals surface area (Å²) in [6.45, 7) is 0.109. The number of aliphatic hydroxyl groups excluding tert-OH is 1. The third kappa shape index (κ3) is 11.9. The van der Waals surface area contributed by atoms with Crippen LogP contribution < -0.4 is 0 Å². The lowest BCUT2D eigenvalue weighted by atomic mass is 10.4. The number of alkyl halides is 3. The summed E-state index contributed by atoms with van der Waals surface area (Å²) in [5, 5.41) is 8.64. The molecule has 0 spiro atoms. The molecule has 0 saturated carbocycles. The van der Waals surface area contributed by atoms with Crippen LogP contribution in [0.5, 0.6) is 0 Å². The molecule has 0 amide bonds. The molecule has 0 bridgehead atoms. The molecule has 0 atom stereocenters. The van der Waals surface area contributed by atoms with Crippen molar-refractivity contribution in [1.82, 2.24) is 4.90 Å². The lowest BCUT2D eigenvalue weighted by Gasteiger charge is -2.22. The fraction of sp³-hybridized carbons (Fsp3) is 1.00. The number of nitrogens with zero attached hydrogens (tertiary/aromatic N) is 1. The zero-order valence-electron chi connectivity index (χ0n) is 10.0. The largest absolute Gasteiger partial charge is 0.401 e. The van der Waals surface area contributed by atoms with E-state index in [0.29, 0.717) is 13.2 Å². The van der Waals surface area contributed by atoms with E-state index in [1.165, 1.54) is 0 Å². The lowest BCUT2D eigenvalue weighted by molar-refractivity contribution is -0.148. The quantitative estimate of drug-likeness (QED) is 0.592. The first kappa shape index (κ1) is 16.6. The number of aliphatic hydroxyl groups is 1. The predicted molar refractivity (Wildman–Crippen MR) is 56.9 cm³/mol. The topological polar surface area (TPSA) is 41.9 Å². The van der Waals surface area contributed by atoms with Crippen LogP contribution in [0.15, 0.2) is 0 Å². The van der Waals surface area contributed by atoms with Crippen molar-refractivity contribution < 1.29 is 27.8 Å². The summed E-state index contributed by atoms with van der Waals surface area (Å²) in [6, 6.07) is 0. The Bertz CT molecular complexity index is 179. The van der Waals surface area contributed by atoms with Gasteiger partial charge in [0.2, 0.25) is 0 Å². The molecule has 0 unspecified atom stereocenters. The summed E-state index contributed by atoms with van der Waals surface area (Å²) in [4.78, 5) is 1.12. The second-order valence-corrected chi connectivity index (χ2v) is 3.57. The third-order valence-electron chi connectivity index (χ3n) is 2.01. The molecule has 104 valence electrons. The molecule has 0 aliphatic carbocycles. The van der Waals surface area contributed by atoms with Crippen molar-refractivity contribution in [3.05, 3.63) is 0 Å². The first-order valence-electron chi connectivity index (χ1n) is 5.46. The highest BCUT2D eigenvalue weighted by Crippen LogP contribution is 2.15. The van der Waals surface area contributed by atoms with Crippen molar-refractivity contribution >= 4 is 0 Å². The van der Waals surface area contributed by atoms with Gasteiger partial charge in [-0.15, -0.1) is 0 Å². The molecule has 0 aromatic rings. The highest BCUT2D eigenvalue weighted by Gasteiger charge is 2.30. The molecule has 0 aliphatic heterocycles. The smallest absolute Gasteiger partial charge is 0.395 e. The van der Waals surface area contributed by atoms with Crippen LogP contribution >= 0.6 is 0 Å². The molecule has 17 heavy (non-hydrogen) atoms. The van der Waals surface area contributed by atoms with E-state index < -0.39 is 12.7 Å². The van der Waals surface area contributed by atoms with Crippen LogP contribution in [-0.2, 0) is 9.47 Å². The van der Waals surface area contributed by atoms with Gasteiger partial charge in [0.05, 0.1) is 19.8 Å². The molecule has 0 heterocycles. The van der Waals surface area contributed by atoms with Crippen molar-refractivity contribution in [2.75, 3.05) is 53.2 Å². The molecule has 0 aromatic heterocycles. The highest BCUT2D eigenvalue weighted by atomic mass is 19.4. The first-order chi connectivity index (χ1) is 7.99. The summed E-state index contributed by atoms with van der Waals surface area (Å²) in [5.74, 6) is 0. The van der Waals surface area contributed by atoms with Crippen LogP contribution in [0, 0.1) is 0 Å². The number of ether oxygens (including phenoxy) is 2. The van der Waals surface area contributed by atoms with E-state index in [2.05, 4.69) is 0 Å². The van der Waals surface area contributed by atoms with E-state index in [9.17, 15) is 13.2 Å². The monoisotopic (exact) mass is 259 g/mol. The van der Waals surface area contributed by atoms with Gasteiger partial charge >= 0.3 is 6.18 Å². The van der Waals surface area contributed by atoms with Crippen LogP contribution in [0.2, 0.25) is 0 Å². The fourth-order valence-corrected chi connectivity index (χ4v) is 1.27. The molecule has 4 nitrogen and oxygen atoms in total. The molecular weight excluding hydrogens is 239 g/mol. The van der Waals surface area contributed by atoms with Crippen molar-refractivity contribution in [3.63, 3.8) is 0 Å². The zero-order valence-corrected chi connectivity index (χ0v) is 10.0. The summed E-state index contributed by atoms with van der Waals surface area (Å²) in [6.07, 6.45) is -3.53. The fourth-order valence-electron chi connectivity index (χ4n) is 1.27. The van der Waals surface area contributed by atoms with Gasteiger partial charge in [0, 0.05) is 33.4 Å². The van der Waals surface area contributed by atoms with Gasteiger partial charge in [-0.3, -0.25) is 4.90 Å². The van der Waals surface area contributed by atoms with Gasteiger partial charge in [-0.25, -0.2) is 0 Å². The highest BCUT2D eigenvalue weighted by molar-refractivity contribution is 4.62. The van der Waals surface area contributed by atoms with Gasteiger partial charge in [-0.2, -0.15) is 13.2 Å². The zero-order chi connectivity index (χ0) is 13.1. The maximum absolute atomic E-state index is 12.1. The van der Waals surface area contributed by atoms with Gasteiger partial charge in [0.25, 0.3) is 0 Å². The normalized spacial score (nSPS) is 12.4. The molecule has 0 saturated heterocycles. The minimum atomic E-state index is -4.24. The van der Waals surface area contributed by atoms with E-state index in [0.717, 1.165) is 11.3 Å². The summed E-state index contributed by atoms with van der Waals surface area (Å²) in [5.41, 5.74) is 0. The third-order valence-corrected chi connectivity index (χ3v) is 2.01. The van der Waals surface area contributed by atoms with Gasteiger partial charge in [-0.1, -0.05) is 0 Å². The maximum Gasteiger partial charge on any atom is 0.401 e. The van der Waals surface area contributed by atoms with Crippen LogP contribution in [0.1, 0.15) is 6.42 Å². The number of hydrogen-bond donors (Lipinski definition) is 1. The molecule has 0 radical (unpaired) electrons. The molecular formula is C10H20F3NO3. The lowest BCUT2D eigenvalue weighted by Crippen LogP contribution is -2.38. The molecule has 0 rings (SSSR count). The van der Waals surface area contributed by atoms with Crippen LogP contribution in [-0.4, -0.2) is 69.4 Å². The minimum Gasteiger partial charge on any atom is -0.395 e. The number of rotatable bonds is 10. The molecule has 1 N–H and O–H groups in total. The SMILES string of the molecule is COCCCOCCN(CCO)CC(F)(F)F. The van der Waals surface area contributed by atoms with Crippen LogP contribution in [0.4, 0.5) is 13.2 Å². The van der Waals surface area contributed by atoms with Gasteiger partial charge in [-0.05, 0) is 6.42 Å². The standard InChI is InChI=1S/C10H20F3NO3/c1-16-6-2-7-17-8-4-14(3-5-15)9-10(11,12)13/h15H,2-9H2,1H3. The minimum absolute atomic E-state index is 0.000934. The Kier molecular flexibility index (Phi) is 9.43.